The van der Waals surface area contributed by atoms with Crippen LogP contribution in [0, 0.1) is 5.82 Å². The Hall–Kier alpha value is -1.40. The van der Waals surface area contributed by atoms with Gasteiger partial charge in [0.1, 0.15) is 10.2 Å². The number of carbonyl (C=O) groups is 1. The Balaban J connectivity index is 1.51. The number of aromatic nitrogens is 1. The predicted molar refractivity (Wildman–Crippen MR) is 92.2 cm³/mol. The smallest absolute Gasteiger partial charge is 0.228 e. The minimum Gasteiger partial charge on any atom is -0.342 e. The van der Waals surface area contributed by atoms with Crippen LogP contribution in [0.3, 0.4) is 0 Å². The largest absolute Gasteiger partial charge is 0.342 e. The third-order valence-corrected chi connectivity index (χ3v) is 5.99. The molecule has 6 heteroatoms. The molecule has 0 unspecified atom stereocenters. The summed E-state index contributed by atoms with van der Waals surface area (Å²) in [7, 11) is 0. The Bertz CT molecular complexity index is 651. The van der Waals surface area contributed by atoms with Crippen LogP contribution in [0.15, 0.2) is 34.0 Å². The number of carbonyl (C=O) groups excluding carboxylic acids is 1. The summed E-state index contributed by atoms with van der Waals surface area (Å²) in [4.78, 5) is 18.7. The minimum atomic E-state index is -0.216. The van der Waals surface area contributed by atoms with Crippen molar-refractivity contribution in [3.8, 4) is 0 Å². The fourth-order valence-electron chi connectivity index (χ4n) is 2.57. The van der Waals surface area contributed by atoms with Gasteiger partial charge in [0.15, 0.2) is 0 Å². The second-order valence-electron chi connectivity index (χ2n) is 5.64. The molecule has 0 aliphatic carbocycles. The molecular formula is C17H19FN2OS2. The molecule has 2 aromatic rings. The molecular weight excluding hydrogens is 331 g/mol. The molecule has 1 aromatic carbocycles. The van der Waals surface area contributed by atoms with Crippen LogP contribution in [-0.2, 0) is 17.0 Å². The van der Waals surface area contributed by atoms with Gasteiger partial charge in [-0.25, -0.2) is 9.37 Å². The lowest BCUT2D eigenvalue weighted by atomic mass is 10.1. The van der Waals surface area contributed by atoms with Crippen molar-refractivity contribution < 1.29 is 9.18 Å². The van der Waals surface area contributed by atoms with Gasteiger partial charge in [-0.2, -0.15) is 0 Å². The van der Waals surface area contributed by atoms with Gasteiger partial charge < -0.3 is 4.90 Å². The van der Waals surface area contributed by atoms with Gasteiger partial charge in [-0.1, -0.05) is 23.9 Å². The maximum Gasteiger partial charge on any atom is 0.228 e. The molecule has 0 atom stereocenters. The number of thioether (sulfide) groups is 1. The van der Waals surface area contributed by atoms with E-state index in [1.165, 1.54) is 18.6 Å². The Kier molecular flexibility index (Phi) is 5.67. The Morgan fingerprint density at radius 3 is 2.70 bits per heavy atom. The molecule has 0 bridgehead atoms. The molecule has 0 radical (unpaired) electrons. The third kappa shape index (κ3) is 4.78. The summed E-state index contributed by atoms with van der Waals surface area (Å²) in [6, 6.07) is 6.52. The van der Waals surface area contributed by atoms with Crippen LogP contribution >= 0.6 is 23.1 Å². The highest BCUT2D eigenvalue weighted by atomic mass is 32.2. The van der Waals surface area contributed by atoms with E-state index >= 15 is 0 Å². The van der Waals surface area contributed by atoms with Crippen molar-refractivity contribution >= 4 is 29.0 Å². The molecule has 3 rings (SSSR count). The SMILES string of the molecule is O=C(Cc1csc(SCc2ccc(F)cc2)n1)N1CCCCC1. The van der Waals surface area contributed by atoms with E-state index in [1.807, 2.05) is 10.3 Å². The fourth-order valence-corrected chi connectivity index (χ4v) is 4.37. The molecule has 1 aliphatic rings. The summed E-state index contributed by atoms with van der Waals surface area (Å²) in [5.41, 5.74) is 1.92. The van der Waals surface area contributed by atoms with E-state index in [0.717, 1.165) is 47.3 Å². The summed E-state index contributed by atoms with van der Waals surface area (Å²) in [5.74, 6) is 0.726. The molecule has 0 saturated carbocycles. The first-order valence-corrected chi connectivity index (χ1v) is 9.66. The van der Waals surface area contributed by atoms with Crippen molar-refractivity contribution in [1.29, 1.82) is 0 Å². The van der Waals surface area contributed by atoms with Crippen LogP contribution in [-0.4, -0.2) is 28.9 Å². The van der Waals surface area contributed by atoms with E-state index in [0.29, 0.717) is 6.42 Å². The molecule has 23 heavy (non-hydrogen) atoms. The molecule has 2 heterocycles. The van der Waals surface area contributed by atoms with Crippen molar-refractivity contribution in [1.82, 2.24) is 9.88 Å². The average Bonchev–Trinajstić information content (AvgIpc) is 3.02. The van der Waals surface area contributed by atoms with Gasteiger partial charge in [-0.15, -0.1) is 11.3 Å². The van der Waals surface area contributed by atoms with Gasteiger partial charge in [0.25, 0.3) is 0 Å². The van der Waals surface area contributed by atoms with Gasteiger partial charge in [0.05, 0.1) is 12.1 Å². The number of piperidine rings is 1. The van der Waals surface area contributed by atoms with Crippen molar-refractivity contribution in [3.63, 3.8) is 0 Å². The number of nitrogens with zero attached hydrogens (tertiary/aromatic N) is 2. The number of halogens is 1. The molecule has 3 nitrogen and oxygen atoms in total. The first-order chi connectivity index (χ1) is 11.2. The number of hydrogen-bond donors (Lipinski definition) is 0. The van der Waals surface area contributed by atoms with Crippen LogP contribution in [0.1, 0.15) is 30.5 Å². The third-order valence-electron chi connectivity index (χ3n) is 3.85. The lowest BCUT2D eigenvalue weighted by Crippen LogP contribution is -2.36. The van der Waals surface area contributed by atoms with Crippen molar-refractivity contribution in [3.05, 3.63) is 46.7 Å². The molecule has 1 amide bonds. The summed E-state index contributed by atoms with van der Waals surface area (Å²) in [6.45, 7) is 1.77. The number of rotatable bonds is 5. The van der Waals surface area contributed by atoms with Gasteiger partial charge in [-0.05, 0) is 37.0 Å². The van der Waals surface area contributed by atoms with E-state index < -0.39 is 0 Å². The maximum atomic E-state index is 12.9. The highest BCUT2D eigenvalue weighted by Crippen LogP contribution is 2.26. The highest BCUT2D eigenvalue weighted by Gasteiger charge is 2.17. The van der Waals surface area contributed by atoms with Crippen LogP contribution in [0.5, 0.6) is 0 Å². The zero-order chi connectivity index (χ0) is 16.1. The van der Waals surface area contributed by atoms with E-state index in [1.54, 1.807) is 35.2 Å². The lowest BCUT2D eigenvalue weighted by molar-refractivity contribution is -0.131. The fraction of sp³-hybridized carbons (Fsp3) is 0.412. The molecule has 1 aliphatic heterocycles. The molecule has 122 valence electrons. The number of thiazole rings is 1. The molecule has 0 N–H and O–H groups in total. The van der Waals surface area contributed by atoms with Crippen molar-refractivity contribution in [2.45, 2.75) is 35.8 Å². The predicted octanol–water partition coefficient (Wildman–Crippen LogP) is 4.13. The van der Waals surface area contributed by atoms with Gasteiger partial charge in [0, 0.05) is 24.2 Å². The monoisotopic (exact) mass is 350 g/mol. The zero-order valence-electron chi connectivity index (χ0n) is 12.8. The zero-order valence-corrected chi connectivity index (χ0v) is 14.5. The first-order valence-electron chi connectivity index (χ1n) is 7.80. The molecule has 0 spiro atoms. The van der Waals surface area contributed by atoms with Crippen molar-refractivity contribution in [2.75, 3.05) is 13.1 Å². The number of benzene rings is 1. The van der Waals surface area contributed by atoms with Gasteiger partial charge >= 0.3 is 0 Å². The Labute approximate surface area is 143 Å². The first kappa shape index (κ1) is 16.5. The second kappa shape index (κ2) is 7.93. The van der Waals surface area contributed by atoms with Crippen LogP contribution in [0.4, 0.5) is 4.39 Å². The van der Waals surface area contributed by atoms with E-state index in [-0.39, 0.29) is 11.7 Å². The molecule has 1 fully saturated rings. The average molecular weight is 350 g/mol. The molecule has 1 aromatic heterocycles. The van der Waals surface area contributed by atoms with E-state index in [2.05, 4.69) is 4.98 Å². The number of likely N-dealkylation sites (tertiary alicyclic amines) is 1. The number of hydrogen-bond acceptors (Lipinski definition) is 4. The minimum absolute atomic E-state index is 0.185. The lowest BCUT2D eigenvalue weighted by Gasteiger charge is -2.26. The van der Waals surface area contributed by atoms with Crippen molar-refractivity contribution in [2.24, 2.45) is 0 Å². The Morgan fingerprint density at radius 1 is 1.22 bits per heavy atom. The standard InChI is InChI=1S/C17H19FN2OS2/c18-14-6-4-13(5-7-14)11-22-17-19-15(12-23-17)10-16(21)20-8-2-1-3-9-20/h4-7,12H,1-3,8-11H2. The number of amides is 1. The van der Waals surface area contributed by atoms with Gasteiger partial charge in [0.2, 0.25) is 5.91 Å². The topological polar surface area (TPSA) is 33.2 Å². The normalized spacial score (nSPS) is 14.9. The summed E-state index contributed by atoms with van der Waals surface area (Å²) >= 11 is 3.19. The highest BCUT2D eigenvalue weighted by molar-refractivity contribution is 8.00. The van der Waals surface area contributed by atoms with Crippen LogP contribution in [0.25, 0.3) is 0 Å². The molecule has 1 saturated heterocycles. The summed E-state index contributed by atoms with van der Waals surface area (Å²) in [6.07, 6.45) is 3.85. The van der Waals surface area contributed by atoms with E-state index in [4.69, 9.17) is 0 Å². The Morgan fingerprint density at radius 2 is 1.96 bits per heavy atom. The van der Waals surface area contributed by atoms with E-state index in [9.17, 15) is 9.18 Å². The summed E-state index contributed by atoms with van der Waals surface area (Å²) < 4.78 is 13.8. The van der Waals surface area contributed by atoms with Crippen LogP contribution < -0.4 is 0 Å². The maximum absolute atomic E-state index is 12.9. The second-order valence-corrected chi connectivity index (χ2v) is 7.72. The summed E-state index contributed by atoms with van der Waals surface area (Å²) in [5, 5.41) is 1.97. The quantitative estimate of drug-likeness (QED) is 0.760. The van der Waals surface area contributed by atoms with Gasteiger partial charge in [-0.3, -0.25) is 4.79 Å². The van der Waals surface area contributed by atoms with Crippen LogP contribution in [0.2, 0.25) is 0 Å².